The molecule has 0 fully saturated rings. The second-order valence-corrected chi connectivity index (χ2v) is 9.41. The summed E-state index contributed by atoms with van der Waals surface area (Å²) in [6, 6.07) is 13.3. The summed E-state index contributed by atoms with van der Waals surface area (Å²) in [5.41, 5.74) is 2.64. The van der Waals surface area contributed by atoms with Crippen LogP contribution in [0.2, 0.25) is 0 Å². The summed E-state index contributed by atoms with van der Waals surface area (Å²) in [6.45, 7) is 5.88. The first-order chi connectivity index (χ1) is 13.1. The van der Waals surface area contributed by atoms with Crippen molar-refractivity contribution < 1.29 is 8.42 Å². The molecule has 148 valence electrons. The molecule has 28 heavy (non-hydrogen) atoms. The van der Waals surface area contributed by atoms with Gasteiger partial charge in [0, 0.05) is 22.8 Å². The van der Waals surface area contributed by atoms with E-state index in [2.05, 4.69) is 20.7 Å². The number of halogens is 1. The molecule has 0 aliphatic carbocycles. The zero-order valence-corrected chi connectivity index (χ0v) is 18.5. The number of nitrogens with zero attached hydrogens (tertiary/aromatic N) is 2. The van der Waals surface area contributed by atoms with E-state index in [-0.39, 0.29) is 16.4 Å². The molecule has 2 aromatic carbocycles. The maximum Gasteiger partial charge on any atom is 0.275 e. The molecule has 1 N–H and O–H groups in total. The number of benzene rings is 2. The highest BCUT2D eigenvalue weighted by atomic mass is 79.9. The zero-order valence-electron chi connectivity index (χ0n) is 16.1. The summed E-state index contributed by atoms with van der Waals surface area (Å²) in [5.74, 6) is 0.105. The predicted octanol–water partition coefficient (Wildman–Crippen LogP) is 4.17. The highest BCUT2D eigenvalue weighted by Gasteiger charge is 2.20. The minimum Gasteiger partial charge on any atom is -0.285 e. The Labute approximate surface area is 173 Å². The highest BCUT2D eigenvalue weighted by Crippen LogP contribution is 2.25. The second-order valence-electron chi connectivity index (χ2n) is 6.87. The molecule has 0 amide bonds. The number of hydrogen-bond acceptors (Lipinski definition) is 3. The van der Waals surface area contributed by atoms with Crippen molar-refractivity contribution in [3.8, 4) is 5.69 Å². The van der Waals surface area contributed by atoms with Crippen molar-refractivity contribution in [2.24, 2.45) is 7.05 Å². The van der Waals surface area contributed by atoms with E-state index >= 15 is 0 Å². The number of aromatic nitrogens is 2. The van der Waals surface area contributed by atoms with Crippen molar-refractivity contribution >= 4 is 31.6 Å². The minimum atomic E-state index is -3.75. The fraction of sp³-hybridized carbons (Fsp3) is 0.250. The van der Waals surface area contributed by atoms with Crippen LogP contribution < -0.4 is 10.3 Å². The average Bonchev–Trinajstić information content (AvgIpc) is 2.86. The molecule has 1 aromatic heterocycles. The van der Waals surface area contributed by atoms with Crippen molar-refractivity contribution in [2.75, 3.05) is 4.72 Å². The molecule has 3 aromatic rings. The number of para-hydroxylation sites is 1. The number of hydrogen-bond donors (Lipinski definition) is 1. The van der Waals surface area contributed by atoms with E-state index in [0.717, 1.165) is 11.3 Å². The van der Waals surface area contributed by atoms with Crippen LogP contribution >= 0.6 is 15.9 Å². The molecule has 0 saturated carbocycles. The summed E-state index contributed by atoms with van der Waals surface area (Å²) in [5, 5.41) is 0. The molecule has 8 heteroatoms. The molecule has 3 rings (SSSR count). The Morgan fingerprint density at radius 3 is 2.18 bits per heavy atom. The third kappa shape index (κ3) is 3.66. The monoisotopic (exact) mass is 463 g/mol. The van der Waals surface area contributed by atoms with Gasteiger partial charge >= 0.3 is 0 Å². The fourth-order valence-electron chi connectivity index (χ4n) is 3.20. The van der Waals surface area contributed by atoms with Crippen LogP contribution in [-0.2, 0) is 17.1 Å². The van der Waals surface area contributed by atoms with Crippen LogP contribution in [0, 0.1) is 6.92 Å². The van der Waals surface area contributed by atoms with Gasteiger partial charge in [-0.15, -0.1) is 0 Å². The van der Waals surface area contributed by atoms with Gasteiger partial charge in [0.25, 0.3) is 15.6 Å². The maximum atomic E-state index is 12.8. The molecule has 0 bridgehead atoms. The van der Waals surface area contributed by atoms with Gasteiger partial charge in [0.15, 0.2) is 0 Å². The highest BCUT2D eigenvalue weighted by molar-refractivity contribution is 9.10. The average molecular weight is 464 g/mol. The molecule has 0 aliphatic rings. The van der Waals surface area contributed by atoms with Gasteiger partial charge in [-0.1, -0.05) is 26.0 Å². The summed E-state index contributed by atoms with van der Waals surface area (Å²) in [6.07, 6.45) is 0. The first kappa shape index (κ1) is 20.4. The molecular weight excluding hydrogens is 442 g/mol. The molecule has 0 atom stereocenters. The largest absolute Gasteiger partial charge is 0.285 e. The lowest BCUT2D eigenvalue weighted by atomic mass is 10.0. The maximum absolute atomic E-state index is 12.8. The third-order valence-electron chi connectivity index (χ3n) is 4.69. The fourth-order valence-corrected chi connectivity index (χ4v) is 4.79. The Kier molecular flexibility index (Phi) is 5.54. The topological polar surface area (TPSA) is 73.1 Å². The number of rotatable bonds is 5. The lowest BCUT2D eigenvalue weighted by Gasteiger charge is -2.11. The van der Waals surface area contributed by atoms with Gasteiger partial charge in [0.2, 0.25) is 0 Å². The Morgan fingerprint density at radius 1 is 1.04 bits per heavy atom. The van der Waals surface area contributed by atoms with Crippen molar-refractivity contribution in [3.63, 3.8) is 0 Å². The van der Waals surface area contributed by atoms with Crippen molar-refractivity contribution in [1.29, 1.82) is 0 Å². The normalized spacial score (nSPS) is 11.8. The van der Waals surface area contributed by atoms with Crippen LogP contribution in [0.3, 0.4) is 0 Å². The molecule has 0 radical (unpaired) electrons. The summed E-state index contributed by atoms with van der Waals surface area (Å²) in [7, 11) is -1.92. The van der Waals surface area contributed by atoms with Gasteiger partial charge in [-0.05, 0) is 65.2 Å². The minimum absolute atomic E-state index is 0.0862. The van der Waals surface area contributed by atoms with E-state index in [1.807, 2.05) is 33.9 Å². The molecule has 0 spiro atoms. The standard InChI is InChI=1S/C20H22BrN3O3S/c1-13(2)19-14(3)23(4)24(20(19)25)15-9-11-16(12-10-15)28(26,27)22-18-8-6-5-7-17(18)21/h5-13,22H,1-4H3. The van der Waals surface area contributed by atoms with Crippen molar-refractivity contribution in [2.45, 2.75) is 31.6 Å². The SMILES string of the molecule is Cc1c(C(C)C)c(=O)n(-c2ccc(S(=O)(=O)Nc3ccccc3Br)cc2)n1C. The number of nitrogens with one attached hydrogen (secondary N) is 1. The Bertz CT molecular complexity index is 1180. The first-order valence-corrected chi connectivity index (χ1v) is 11.1. The van der Waals surface area contributed by atoms with Crippen LogP contribution in [0.15, 0.2) is 62.7 Å². The van der Waals surface area contributed by atoms with Gasteiger partial charge in [-0.2, -0.15) is 0 Å². The molecule has 1 heterocycles. The molecular formula is C20H22BrN3O3S. The summed E-state index contributed by atoms with van der Waals surface area (Å²) in [4.78, 5) is 12.9. The zero-order chi connectivity index (χ0) is 20.6. The third-order valence-corrected chi connectivity index (χ3v) is 6.76. The van der Waals surface area contributed by atoms with E-state index < -0.39 is 10.0 Å². The second kappa shape index (κ2) is 7.60. The lowest BCUT2D eigenvalue weighted by molar-refractivity contribution is 0.601. The van der Waals surface area contributed by atoms with E-state index in [4.69, 9.17) is 0 Å². The van der Waals surface area contributed by atoms with Gasteiger partial charge in [0.05, 0.1) is 16.3 Å². The van der Waals surface area contributed by atoms with Gasteiger partial charge in [-0.3, -0.25) is 14.2 Å². The summed E-state index contributed by atoms with van der Waals surface area (Å²) < 4.78 is 31.9. The molecule has 0 unspecified atom stereocenters. The smallest absolute Gasteiger partial charge is 0.275 e. The van der Waals surface area contributed by atoms with E-state index in [1.54, 1.807) is 39.7 Å². The van der Waals surface area contributed by atoms with E-state index in [9.17, 15) is 13.2 Å². The van der Waals surface area contributed by atoms with E-state index in [1.165, 1.54) is 12.1 Å². The molecule has 0 saturated heterocycles. The first-order valence-electron chi connectivity index (χ1n) is 8.79. The van der Waals surface area contributed by atoms with Crippen LogP contribution in [0.1, 0.15) is 31.0 Å². The Balaban J connectivity index is 1.98. The quantitative estimate of drug-likeness (QED) is 0.616. The van der Waals surface area contributed by atoms with Crippen LogP contribution in [0.25, 0.3) is 5.69 Å². The Hall–Kier alpha value is -2.32. The lowest BCUT2D eigenvalue weighted by Crippen LogP contribution is -2.21. The number of sulfonamides is 1. The number of anilines is 1. The van der Waals surface area contributed by atoms with Crippen LogP contribution in [-0.4, -0.2) is 17.8 Å². The molecule has 6 nitrogen and oxygen atoms in total. The predicted molar refractivity (Wildman–Crippen MR) is 115 cm³/mol. The van der Waals surface area contributed by atoms with Gasteiger partial charge in [0.1, 0.15) is 0 Å². The van der Waals surface area contributed by atoms with Crippen LogP contribution in [0.4, 0.5) is 5.69 Å². The molecule has 0 aliphatic heterocycles. The van der Waals surface area contributed by atoms with Gasteiger partial charge in [-0.25, -0.2) is 13.1 Å². The van der Waals surface area contributed by atoms with Crippen molar-refractivity contribution in [3.05, 3.63) is 74.6 Å². The Morgan fingerprint density at radius 2 is 1.64 bits per heavy atom. The van der Waals surface area contributed by atoms with Gasteiger partial charge < -0.3 is 0 Å². The summed E-state index contributed by atoms with van der Waals surface area (Å²) >= 11 is 3.33. The van der Waals surface area contributed by atoms with E-state index in [0.29, 0.717) is 15.8 Å². The van der Waals surface area contributed by atoms with Crippen molar-refractivity contribution in [1.82, 2.24) is 9.36 Å². The van der Waals surface area contributed by atoms with Crippen LogP contribution in [0.5, 0.6) is 0 Å².